The Kier molecular flexibility index (Phi) is 5.52. The first-order valence-electron chi connectivity index (χ1n) is 7.83. The molecular weight excluding hydrogens is 404 g/mol. The first-order valence-corrected chi connectivity index (χ1v) is 9.05. The molecule has 2 aromatic carbocycles. The highest BCUT2D eigenvalue weighted by molar-refractivity contribution is 8.27. The maximum atomic E-state index is 12.8. The molecule has 1 amide bonds. The molecule has 0 unspecified atom stereocenters. The number of rotatable bonds is 5. The number of phenols is 1. The van der Waals surface area contributed by atoms with E-state index in [2.05, 4.69) is 0 Å². The molecule has 0 spiro atoms. The van der Waals surface area contributed by atoms with Crippen molar-refractivity contribution in [3.63, 3.8) is 0 Å². The predicted molar refractivity (Wildman–Crippen MR) is 110 cm³/mol. The van der Waals surface area contributed by atoms with Crippen LogP contribution in [0.25, 0.3) is 6.08 Å². The minimum atomic E-state index is -0.609. The number of benzene rings is 2. The highest BCUT2D eigenvalue weighted by Gasteiger charge is 2.33. The van der Waals surface area contributed by atoms with E-state index in [0.29, 0.717) is 15.8 Å². The lowest BCUT2D eigenvalue weighted by Crippen LogP contribution is -2.27. The average molecular weight is 418 g/mol. The van der Waals surface area contributed by atoms with Crippen LogP contribution >= 0.6 is 24.0 Å². The van der Waals surface area contributed by atoms with Crippen molar-refractivity contribution in [3.8, 4) is 17.2 Å². The van der Waals surface area contributed by atoms with Crippen LogP contribution in [0.3, 0.4) is 0 Å². The molecule has 3 rings (SSSR count). The largest absolute Gasteiger partial charge is 0.504 e. The van der Waals surface area contributed by atoms with Gasteiger partial charge in [0.2, 0.25) is 0 Å². The monoisotopic (exact) mass is 418 g/mol. The summed E-state index contributed by atoms with van der Waals surface area (Å²) in [5.74, 6) is -0.128. The molecule has 1 N–H and O–H groups in total. The van der Waals surface area contributed by atoms with Crippen molar-refractivity contribution in [2.24, 2.45) is 0 Å². The molecule has 1 fully saturated rings. The second kappa shape index (κ2) is 7.87. The first-order chi connectivity index (χ1) is 13.3. The highest BCUT2D eigenvalue weighted by Crippen LogP contribution is 2.40. The third kappa shape index (κ3) is 3.64. The van der Waals surface area contributed by atoms with Gasteiger partial charge < -0.3 is 14.6 Å². The zero-order valence-electron chi connectivity index (χ0n) is 14.7. The molecule has 0 aromatic heterocycles. The number of carbonyl (C=O) groups is 1. The van der Waals surface area contributed by atoms with E-state index in [0.717, 1.165) is 23.9 Å². The third-order valence-electron chi connectivity index (χ3n) is 3.93. The Balaban J connectivity index is 1.99. The van der Waals surface area contributed by atoms with Crippen LogP contribution in [-0.2, 0) is 4.79 Å². The Morgan fingerprint density at radius 2 is 1.89 bits per heavy atom. The van der Waals surface area contributed by atoms with Crippen LogP contribution in [0.15, 0.2) is 41.3 Å². The van der Waals surface area contributed by atoms with Crippen LogP contribution in [0.4, 0.5) is 11.4 Å². The van der Waals surface area contributed by atoms with Crippen molar-refractivity contribution < 1.29 is 24.3 Å². The third-order valence-corrected chi connectivity index (χ3v) is 5.23. The number of thiocarbonyl (C=S) groups is 1. The van der Waals surface area contributed by atoms with Gasteiger partial charge in [-0.05, 0) is 30.3 Å². The van der Waals surface area contributed by atoms with Gasteiger partial charge >= 0.3 is 0 Å². The first kappa shape index (κ1) is 19.6. The van der Waals surface area contributed by atoms with Gasteiger partial charge in [-0.3, -0.25) is 19.8 Å². The zero-order chi connectivity index (χ0) is 20.4. The molecule has 1 aliphatic rings. The van der Waals surface area contributed by atoms with Gasteiger partial charge in [0.15, 0.2) is 15.8 Å². The number of methoxy groups -OCH3 is 2. The van der Waals surface area contributed by atoms with Crippen molar-refractivity contribution in [1.82, 2.24) is 0 Å². The Labute approximate surface area is 169 Å². The van der Waals surface area contributed by atoms with E-state index in [-0.39, 0.29) is 27.7 Å². The quantitative estimate of drug-likeness (QED) is 0.339. The Hall–Kier alpha value is -3.11. The Morgan fingerprint density at radius 1 is 1.21 bits per heavy atom. The number of hydrogen-bond acceptors (Lipinski definition) is 8. The van der Waals surface area contributed by atoms with Crippen LogP contribution in [0.2, 0.25) is 0 Å². The Morgan fingerprint density at radius 3 is 2.46 bits per heavy atom. The van der Waals surface area contributed by atoms with Crippen molar-refractivity contribution in [1.29, 1.82) is 0 Å². The molecule has 0 aliphatic carbocycles. The minimum absolute atomic E-state index is 0.0638. The predicted octanol–water partition coefficient (Wildman–Crippen LogP) is 3.72. The van der Waals surface area contributed by atoms with Crippen LogP contribution in [-0.4, -0.2) is 34.5 Å². The van der Waals surface area contributed by atoms with E-state index in [1.807, 2.05) is 0 Å². The van der Waals surface area contributed by atoms with Gasteiger partial charge in [0.25, 0.3) is 11.6 Å². The zero-order valence-corrected chi connectivity index (χ0v) is 16.4. The van der Waals surface area contributed by atoms with Crippen LogP contribution < -0.4 is 14.4 Å². The molecule has 1 saturated heterocycles. The van der Waals surface area contributed by atoms with Gasteiger partial charge in [0.05, 0.1) is 35.8 Å². The number of hydrogen-bond donors (Lipinski definition) is 1. The van der Waals surface area contributed by atoms with Crippen molar-refractivity contribution >= 4 is 51.7 Å². The number of anilines is 1. The second-order valence-electron chi connectivity index (χ2n) is 5.56. The van der Waals surface area contributed by atoms with Crippen molar-refractivity contribution in [3.05, 3.63) is 57.0 Å². The van der Waals surface area contributed by atoms with Gasteiger partial charge in [0.1, 0.15) is 5.75 Å². The molecular formula is C18H14N2O6S2. The molecule has 0 atom stereocenters. The maximum Gasteiger partial charge on any atom is 0.274 e. The number of ether oxygens (including phenoxy) is 2. The number of non-ortho nitro benzene ring substituents is 1. The Bertz CT molecular complexity index is 1000. The molecule has 10 heteroatoms. The molecule has 0 bridgehead atoms. The summed E-state index contributed by atoms with van der Waals surface area (Å²) in [4.78, 5) is 24.9. The molecule has 1 heterocycles. The molecule has 1 aliphatic heterocycles. The summed E-state index contributed by atoms with van der Waals surface area (Å²) >= 11 is 6.34. The van der Waals surface area contributed by atoms with Gasteiger partial charge in [-0.15, -0.1) is 0 Å². The summed E-state index contributed by atoms with van der Waals surface area (Å²) < 4.78 is 10.4. The molecule has 0 radical (unpaired) electrons. The van der Waals surface area contributed by atoms with Gasteiger partial charge in [0, 0.05) is 11.6 Å². The smallest absolute Gasteiger partial charge is 0.274 e. The number of aromatic hydroxyl groups is 1. The van der Waals surface area contributed by atoms with E-state index in [1.54, 1.807) is 24.3 Å². The topological polar surface area (TPSA) is 102 Å². The summed E-state index contributed by atoms with van der Waals surface area (Å²) in [5, 5.41) is 21.4. The number of nitro benzene ring substituents is 1. The van der Waals surface area contributed by atoms with Crippen molar-refractivity contribution in [2.75, 3.05) is 19.1 Å². The summed E-state index contributed by atoms with van der Waals surface area (Å²) in [6.45, 7) is 0. The summed E-state index contributed by atoms with van der Waals surface area (Å²) in [7, 11) is 2.82. The number of phenolic OH excluding ortho intramolecular Hbond substituents is 1. The van der Waals surface area contributed by atoms with Crippen LogP contribution in [0, 0.1) is 10.1 Å². The summed E-state index contributed by atoms with van der Waals surface area (Å²) in [5.41, 5.74) is 0.375. The van der Waals surface area contributed by atoms with Crippen molar-refractivity contribution in [2.45, 2.75) is 0 Å². The fourth-order valence-corrected chi connectivity index (χ4v) is 3.84. The standard InChI is InChI=1S/C18H14N2O6S2/c1-25-13-5-3-11(4-6-13)19-17(22)15(28-18(19)27)8-10-7-12(20(23)24)9-14(26-2)16(10)21/h3-9,21H,1-2H3/b15-8-. The fraction of sp³-hybridized carbons (Fsp3) is 0.111. The fourth-order valence-electron chi connectivity index (χ4n) is 2.55. The van der Waals surface area contributed by atoms with Gasteiger partial charge in [-0.1, -0.05) is 24.0 Å². The van der Waals surface area contributed by atoms with E-state index in [9.17, 15) is 20.0 Å². The normalized spacial score (nSPS) is 15.2. The SMILES string of the molecule is COc1ccc(N2C(=O)/C(=C/c3cc([N+](=O)[O-])cc(OC)c3O)SC2=S)cc1. The van der Waals surface area contributed by atoms with E-state index < -0.39 is 10.8 Å². The molecule has 0 saturated carbocycles. The van der Waals surface area contributed by atoms with Gasteiger partial charge in [-0.25, -0.2) is 0 Å². The minimum Gasteiger partial charge on any atom is -0.504 e. The molecule has 2 aromatic rings. The number of nitro groups is 1. The summed E-state index contributed by atoms with van der Waals surface area (Å²) in [6, 6.07) is 9.07. The maximum absolute atomic E-state index is 12.8. The van der Waals surface area contributed by atoms with Crippen LogP contribution in [0.5, 0.6) is 17.2 Å². The number of nitrogens with zero attached hydrogens (tertiary/aromatic N) is 2. The van der Waals surface area contributed by atoms with Gasteiger partial charge in [-0.2, -0.15) is 0 Å². The number of thioether (sulfide) groups is 1. The average Bonchev–Trinajstić information content (AvgIpc) is 2.96. The van der Waals surface area contributed by atoms with Crippen LogP contribution in [0.1, 0.15) is 5.56 Å². The highest BCUT2D eigenvalue weighted by atomic mass is 32.2. The molecule has 28 heavy (non-hydrogen) atoms. The van der Waals surface area contributed by atoms with E-state index in [4.69, 9.17) is 21.7 Å². The lowest BCUT2D eigenvalue weighted by atomic mass is 10.1. The number of amides is 1. The molecule has 8 nitrogen and oxygen atoms in total. The lowest BCUT2D eigenvalue weighted by Gasteiger charge is -2.14. The lowest BCUT2D eigenvalue weighted by molar-refractivity contribution is -0.385. The number of carbonyl (C=O) groups excluding carboxylic acids is 1. The molecule has 144 valence electrons. The second-order valence-corrected chi connectivity index (χ2v) is 7.23. The summed E-state index contributed by atoms with van der Waals surface area (Å²) in [6.07, 6.45) is 1.35. The van der Waals surface area contributed by atoms with E-state index >= 15 is 0 Å². The van der Waals surface area contributed by atoms with E-state index in [1.165, 1.54) is 25.2 Å².